The number of halogens is 1. The average Bonchev–Trinajstić information content (AvgIpc) is 2.87. The van der Waals surface area contributed by atoms with Crippen LogP contribution in [0.25, 0.3) is 22.0 Å². The number of esters is 1. The maximum absolute atomic E-state index is 13.5. The van der Waals surface area contributed by atoms with Gasteiger partial charge in [0, 0.05) is 23.1 Å². The zero-order chi connectivity index (χ0) is 24.2. The van der Waals surface area contributed by atoms with E-state index in [2.05, 4.69) is 10.3 Å². The van der Waals surface area contributed by atoms with E-state index in [1.807, 2.05) is 30.3 Å². The summed E-state index contributed by atoms with van der Waals surface area (Å²) in [5.74, 6) is -1.23. The van der Waals surface area contributed by atoms with Crippen molar-refractivity contribution in [3.63, 3.8) is 0 Å². The fraction of sp³-hybridized carbons (Fsp3) is 0.115. The molecule has 2 N–H and O–H groups in total. The normalized spacial score (nSPS) is 10.7. The van der Waals surface area contributed by atoms with Crippen LogP contribution in [0.5, 0.6) is 5.75 Å². The first-order valence-electron chi connectivity index (χ1n) is 10.4. The van der Waals surface area contributed by atoms with E-state index in [4.69, 9.17) is 9.47 Å². The maximum Gasteiger partial charge on any atom is 0.354 e. The fourth-order valence-corrected chi connectivity index (χ4v) is 3.76. The summed E-state index contributed by atoms with van der Waals surface area (Å²) in [7, 11) is 2.72. The third kappa shape index (κ3) is 4.25. The molecule has 7 nitrogen and oxygen atoms in total. The van der Waals surface area contributed by atoms with Gasteiger partial charge in [-0.3, -0.25) is 9.59 Å². The molecule has 4 rings (SSSR count). The Morgan fingerprint density at radius 2 is 1.68 bits per heavy atom. The minimum Gasteiger partial charge on any atom is -0.496 e. The summed E-state index contributed by atoms with van der Waals surface area (Å²) < 4.78 is 23.6. The third-order valence-corrected chi connectivity index (χ3v) is 5.44. The van der Waals surface area contributed by atoms with Crippen LogP contribution in [0, 0.1) is 5.82 Å². The molecule has 0 aliphatic rings. The smallest absolute Gasteiger partial charge is 0.354 e. The quantitative estimate of drug-likeness (QED) is 0.423. The van der Waals surface area contributed by atoms with Crippen LogP contribution in [-0.2, 0) is 11.3 Å². The van der Waals surface area contributed by atoms with Crippen molar-refractivity contribution >= 4 is 22.8 Å². The van der Waals surface area contributed by atoms with Crippen LogP contribution in [0.2, 0.25) is 0 Å². The number of hydrogen-bond acceptors (Lipinski definition) is 5. The number of pyridine rings is 1. The second-order valence-corrected chi connectivity index (χ2v) is 7.42. The van der Waals surface area contributed by atoms with Crippen molar-refractivity contribution in [2.24, 2.45) is 0 Å². The lowest BCUT2D eigenvalue weighted by atomic mass is 9.98. The van der Waals surface area contributed by atoms with Crippen LogP contribution in [0.3, 0.4) is 0 Å². The molecule has 0 spiro atoms. The molecule has 8 heteroatoms. The average molecular weight is 460 g/mol. The Morgan fingerprint density at radius 3 is 2.32 bits per heavy atom. The number of carbonyl (C=O) groups is 2. The van der Waals surface area contributed by atoms with Crippen molar-refractivity contribution in [2.45, 2.75) is 6.54 Å². The Hall–Kier alpha value is -4.46. The van der Waals surface area contributed by atoms with E-state index in [0.29, 0.717) is 22.2 Å². The first kappa shape index (κ1) is 22.7. The Bertz CT molecular complexity index is 1430. The van der Waals surface area contributed by atoms with E-state index in [1.165, 1.54) is 26.4 Å². The van der Waals surface area contributed by atoms with E-state index in [1.54, 1.807) is 12.1 Å². The Balaban J connectivity index is 1.85. The van der Waals surface area contributed by atoms with Crippen molar-refractivity contribution in [2.75, 3.05) is 14.2 Å². The van der Waals surface area contributed by atoms with E-state index >= 15 is 0 Å². The molecule has 0 aliphatic carbocycles. The molecule has 0 bridgehead atoms. The van der Waals surface area contributed by atoms with Crippen LogP contribution in [0.1, 0.15) is 26.4 Å². The lowest BCUT2D eigenvalue weighted by molar-refractivity contribution is 0.0592. The van der Waals surface area contributed by atoms with E-state index in [-0.39, 0.29) is 23.4 Å². The number of methoxy groups -OCH3 is 2. The summed E-state index contributed by atoms with van der Waals surface area (Å²) in [5, 5.41) is 2.93. The van der Waals surface area contributed by atoms with Crippen LogP contribution < -0.4 is 15.5 Å². The molecule has 0 aliphatic heterocycles. The molecule has 1 aromatic heterocycles. The molecule has 0 fully saturated rings. The number of hydrogen-bond donors (Lipinski definition) is 2. The van der Waals surface area contributed by atoms with E-state index in [9.17, 15) is 18.8 Å². The van der Waals surface area contributed by atoms with E-state index < -0.39 is 23.1 Å². The zero-order valence-corrected chi connectivity index (χ0v) is 18.5. The topological polar surface area (TPSA) is 97.5 Å². The highest BCUT2D eigenvalue weighted by Crippen LogP contribution is 2.35. The molecule has 34 heavy (non-hydrogen) atoms. The molecule has 0 saturated carbocycles. The number of aromatic amines is 1. The highest BCUT2D eigenvalue weighted by atomic mass is 19.1. The Morgan fingerprint density at radius 1 is 0.971 bits per heavy atom. The first-order valence-corrected chi connectivity index (χ1v) is 10.4. The van der Waals surface area contributed by atoms with Crippen molar-refractivity contribution in [3.05, 3.63) is 99.6 Å². The van der Waals surface area contributed by atoms with Crippen molar-refractivity contribution in [1.82, 2.24) is 10.3 Å². The third-order valence-electron chi connectivity index (χ3n) is 5.44. The highest BCUT2D eigenvalue weighted by molar-refractivity contribution is 6.01. The van der Waals surface area contributed by atoms with Crippen molar-refractivity contribution in [1.29, 1.82) is 0 Å². The molecular formula is C26H21FN2O5. The Labute approximate surface area is 194 Å². The number of fused-ring (bicyclic) bond motifs is 1. The molecular weight excluding hydrogens is 439 g/mol. The maximum atomic E-state index is 13.5. The zero-order valence-electron chi connectivity index (χ0n) is 18.5. The van der Waals surface area contributed by atoms with Gasteiger partial charge in [0.1, 0.15) is 17.3 Å². The number of aromatic nitrogens is 1. The summed E-state index contributed by atoms with van der Waals surface area (Å²) in [5.41, 5.74) is 1.55. The van der Waals surface area contributed by atoms with Crippen LogP contribution in [0.15, 0.2) is 71.5 Å². The molecule has 3 aromatic carbocycles. The summed E-state index contributed by atoms with van der Waals surface area (Å²) in [4.78, 5) is 41.6. The number of amides is 1. The van der Waals surface area contributed by atoms with Gasteiger partial charge in [-0.15, -0.1) is 0 Å². The van der Waals surface area contributed by atoms with Gasteiger partial charge in [0.2, 0.25) is 0 Å². The minimum absolute atomic E-state index is 0.0407. The first-order chi connectivity index (χ1) is 16.4. The molecule has 4 aromatic rings. The van der Waals surface area contributed by atoms with Gasteiger partial charge in [0.15, 0.2) is 5.43 Å². The predicted octanol–water partition coefficient (Wildman–Crippen LogP) is 4.06. The summed E-state index contributed by atoms with van der Waals surface area (Å²) >= 11 is 0. The largest absolute Gasteiger partial charge is 0.496 e. The van der Waals surface area contributed by atoms with Gasteiger partial charge in [-0.05, 0) is 42.0 Å². The van der Waals surface area contributed by atoms with Gasteiger partial charge in [-0.2, -0.15) is 0 Å². The molecule has 0 saturated heterocycles. The number of nitrogens with one attached hydrogen (secondary N) is 2. The number of rotatable bonds is 6. The second-order valence-electron chi connectivity index (χ2n) is 7.42. The molecule has 1 amide bonds. The molecule has 0 unspecified atom stereocenters. The van der Waals surface area contributed by atoms with Crippen molar-refractivity contribution < 1.29 is 23.5 Å². The second kappa shape index (κ2) is 9.58. The number of carbonyl (C=O) groups excluding carboxylic acids is 2. The summed E-state index contributed by atoms with van der Waals surface area (Å²) in [6, 6.07) is 17.6. The van der Waals surface area contributed by atoms with Gasteiger partial charge >= 0.3 is 5.97 Å². The number of H-pyrrole nitrogens is 1. The fourth-order valence-electron chi connectivity index (χ4n) is 3.76. The minimum atomic E-state index is -0.758. The predicted molar refractivity (Wildman–Crippen MR) is 125 cm³/mol. The van der Waals surface area contributed by atoms with Crippen LogP contribution in [-0.4, -0.2) is 31.1 Å². The monoisotopic (exact) mass is 460 g/mol. The lowest BCUT2D eigenvalue weighted by Crippen LogP contribution is -2.29. The van der Waals surface area contributed by atoms with Crippen molar-refractivity contribution in [3.8, 4) is 16.9 Å². The van der Waals surface area contributed by atoms with E-state index in [0.717, 1.165) is 17.7 Å². The Kier molecular flexibility index (Phi) is 6.40. The summed E-state index contributed by atoms with van der Waals surface area (Å²) in [6.45, 7) is -0.237. The standard InChI is InChI=1S/C26H21FN2O5/c1-33-20-13-12-18-22(21(20)15-6-4-3-5-7-15)29-23(26(32)34-2)19(24(18)30)14-28-25(31)16-8-10-17(27)11-9-16/h3-13H,14H2,1-2H3,(H,28,31)(H,29,30). The summed E-state index contributed by atoms with van der Waals surface area (Å²) in [6.07, 6.45) is 0. The van der Waals surface area contributed by atoms with Gasteiger partial charge < -0.3 is 19.8 Å². The number of ether oxygens (including phenoxy) is 2. The molecule has 1 heterocycles. The number of benzene rings is 3. The SMILES string of the molecule is COC(=O)c1[nH]c2c(-c3ccccc3)c(OC)ccc2c(=O)c1CNC(=O)c1ccc(F)cc1. The van der Waals surface area contributed by atoms with Gasteiger partial charge in [0.25, 0.3) is 5.91 Å². The lowest BCUT2D eigenvalue weighted by Gasteiger charge is -2.16. The van der Waals surface area contributed by atoms with Gasteiger partial charge in [-0.1, -0.05) is 30.3 Å². The highest BCUT2D eigenvalue weighted by Gasteiger charge is 2.22. The molecule has 0 radical (unpaired) electrons. The molecule has 0 atom stereocenters. The van der Waals surface area contributed by atoms with Gasteiger partial charge in [-0.25, -0.2) is 9.18 Å². The van der Waals surface area contributed by atoms with Gasteiger partial charge in [0.05, 0.1) is 25.3 Å². The molecule has 172 valence electrons. The van der Waals surface area contributed by atoms with Crippen LogP contribution in [0.4, 0.5) is 4.39 Å². The van der Waals surface area contributed by atoms with Crippen LogP contribution >= 0.6 is 0 Å².